The summed E-state index contributed by atoms with van der Waals surface area (Å²) in [7, 11) is 0. The van der Waals surface area contributed by atoms with Gasteiger partial charge in [-0.1, -0.05) is 0 Å². The zero-order chi connectivity index (χ0) is 18.1. The Bertz CT molecular complexity index is 641. The average molecular weight is 345 g/mol. The van der Waals surface area contributed by atoms with E-state index in [1.807, 2.05) is 37.8 Å². The van der Waals surface area contributed by atoms with Gasteiger partial charge in [-0.3, -0.25) is 9.78 Å². The first-order valence-electron chi connectivity index (χ1n) is 8.95. The number of likely N-dealkylation sites (tertiary alicyclic amines) is 2. The predicted octanol–water partition coefficient (Wildman–Crippen LogP) is 2.83. The molecule has 3 heterocycles. The van der Waals surface area contributed by atoms with Crippen LogP contribution < -0.4 is 0 Å². The molecule has 1 aromatic heterocycles. The maximum Gasteiger partial charge on any atom is 0.410 e. The van der Waals surface area contributed by atoms with Crippen LogP contribution >= 0.6 is 0 Å². The van der Waals surface area contributed by atoms with Gasteiger partial charge in [-0.15, -0.1) is 0 Å². The van der Waals surface area contributed by atoms with Crippen molar-refractivity contribution in [2.24, 2.45) is 5.41 Å². The van der Waals surface area contributed by atoms with E-state index >= 15 is 0 Å². The number of aromatic nitrogens is 1. The second kappa shape index (κ2) is 6.65. The summed E-state index contributed by atoms with van der Waals surface area (Å²) >= 11 is 0. The fraction of sp³-hybridized carbons (Fsp3) is 0.632. The monoisotopic (exact) mass is 345 g/mol. The lowest BCUT2D eigenvalue weighted by Gasteiger charge is -2.39. The highest BCUT2D eigenvalue weighted by Gasteiger charge is 2.49. The average Bonchev–Trinajstić information content (AvgIpc) is 2.84. The largest absolute Gasteiger partial charge is 0.444 e. The van der Waals surface area contributed by atoms with E-state index in [4.69, 9.17) is 4.74 Å². The van der Waals surface area contributed by atoms with E-state index < -0.39 is 11.0 Å². The van der Waals surface area contributed by atoms with Crippen molar-refractivity contribution in [2.75, 3.05) is 19.6 Å². The Morgan fingerprint density at radius 2 is 1.96 bits per heavy atom. The second-order valence-electron chi connectivity index (χ2n) is 8.12. The number of carbonyl (C=O) groups is 2. The molecule has 1 atom stereocenters. The molecular weight excluding hydrogens is 318 g/mol. The minimum absolute atomic E-state index is 0.164. The summed E-state index contributed by atoms with van der Waals surface area (Å²) in [6, 6.07) is 3.87. The lowest BCUT2D eigenvalue weighted by Crippen LogP contribution is -2.50. The summed E-state index contributed by atoms with van der Waals surface area (Å²) in [6.07, 6.45) is 5.67. The van der Waals surface area contributed by atoms with Crippen molar-refractivity contribution in [3.8, 4) is 0 Å². The molecule has 2 fully saturated rings. The normalized spacial score (nSPS) is 24.0. The quantitative estimate of drug-likeness (QED) is 0.827. The molecule has 0 aromatic carbocycles. The fourth-order valence-electron chi connectivity index (χ4n) is 3.75. The van der Waals surface area contributed by atoms with Crippen molar-refractivity contribution < 1.29 is 14.3 Å². The van der Waals surface area contributed by atoms with Crippen molar-refractivity contribution in [2.45, 2.75) is 52.2 Å². The van der Waals surface area contributed by atoms with E-state index in [0.29, 0.717) is 19.6 Å². The Morgan fingerprint density at radius 3 is 2.64 bits per heavy atom. The molecule has 2 amide bonds. The molecule has 1 unspecified atom stereocenters. The molecular formula is C19H27N3O3. The molecule has 2 aliphatic heterocycles. The van der Waals surface area contributed by atoms with Gasteiger partial charge in [-0.2, -0.15) is 0 Å². The van der Waals surface area contributed by atoms with Crippen LogP contribution in [0.4, 0.5) is 4.79 Å². The molecule has 1 aromatic rings. The Kier molecular flexibility index (Phi) is 4.71. The number of hydrogen-bond donors (Lipinski definition) is 0. The SMILES string of the molecule is CC(C)(C)OC(=O)N1CCCC2(CCN(Cc3ccncc3)C2=O)C1. The number of carbonyl (C=O) groups excluding carboxylic acids is 2. The van der Waals surface area contributed by atoms with Gasteiger partial charge in [0.2, 0.25) is 5.91 Å². The smallest absolute Gasteiger partial charge is 0.410 e. The van der Waals surface area contributed by atoms with Gasteiger partial charge in [-0.05, 0) is 57.7 Å². The Morgan fingerprint density at radius 1 is 1.24 bits per heavy atom. The topological polar surface area (TPSA) is 62.7 Å². The van der Waals surface area contributed by atoms with Gasteiger partial charge in [0.05, 0.1) is 5.41 Å². The molecule has 136 valence electrons. The summed E-state index contributed by atoms with van der Waals surface area (Å²) in [5.74, 6) is 0.164. The molecule has 2 aliphatic rings. The Balaban J connectivity index is 1.67. The van der Waals surface area contributed by atoms with Crippen LogP contribution in [0.2, 0.25) is 0 Å². The van der Waals surface area contributed by atoms with E-state index in [1.54, 1.807) is 17.3 Å². The number of rotatable bonds is 2. The number of nitrogens with zero attached hydrogens (tertiary/aromatic N) is 3. The summed E-state index contributed by atoms with van der Waals surface area (Å²) in [4.78, 5) is 33.1. The van der Waals surface area contributed by atoms with E-state index in [0.717, 1.165) is 31.4 Å². The zero-order valence-corrected chi connectivity index (χ0v) is 15.3. The first-order valence-corrected chi connectivity index (χ1v) is 8.95. The molecule has 2 saturated heterocycles. The maximum absolute atomic E-state index is 13.1. The number of pyridine rings is 1. The van der Waals surface area contributed by atoms with Gasteiger partial charge in [0.1, 0.15) is 5.60 Å². The summed E-state index contributed by atoms with van der Waals surface area (Å²) in [6.45, 7) is 8.06. The zero-order valence-electron chi connectivity index (χ0n) is 15.3. The maximum atomic E-state index is 13.1. The molecule has 0 aliphatic carbocycles. The van der Waals surface area contributed by atoms with E-state index in [-0.39, 0.29) is 12.0 Å². The van der Waals surface area contributed by atoms with Crippen LogP contribution in [0.3, 0.4) is 0 Å². The standard InChI is InChI=1S/C19H27N3O3/c1-18(2,3)25-17(24)22-11-4-7-19(14-22)8-12-21(16(19)23)13-15-5-9-20-10-6-15/h5-6,9-10H,4,7-8,11-14H2,1-3H3. The van der Waals surface area contributed by atoms with Crippen molar-refractivity contribution in [1.82, 2.24) is 14.8 Å². The molecule has 6 heteroatoms. The highest BCUT2D eigenvalue weighted by atomic mass is 16.6. The molecule has 3 rings (SSSR count). The number of amides is 2. The van der Waals surface area contributed by atoms with Gasteiger partial charge < -0.3 is 14.5 Å². The Hall–Kier alpha value is -2.11. The molecule has 0 bridgehead atoms. The number of piperidine rings is 1. The van der Waals surface area contributed by atoms with Gasteiger partial charge in [0, 0.05) is 38.6 Å². The van der Waals surface area contributed by atoms with Crippen LogP contribution in [-0.4, -0.2) is 52.0 Å². The van der Waals surface area contributed by atoms with Gasteiger partial charge in [0.15, 0.2) is 0 Å². The van der Waals surface area contributed by atoms with Crippen LogP contribution in [0, 0.1) is 5.41 Å². The van der Waals surface area contributed by atoms with Crippen LogP contribution in [0.15, 0.2) is 24.5 Å². The second-order valence-corrected chi connectivity index (χ2v) is 8.12. The first kappa shape index (κ1) is 17.7. The highest BCUT2D eigenvalue weighted by molar-refractivity contribution is 5.86. The van der Waals surface area contributed by atoms with Gasteiger partial charge in [-0.25, -0.2) is 4.79 Å². The van der Waals surface area contributed by atoms with E-state index in [1.165, 1.54) is 0 Å². The third-order valence-electron chi connectivity index (χ3n) is 4.95. The molecule has 25 heavy (non-hydrogen) atoms. The van der Waals surface area contributed by atoms with Gasteiger partial charge in [0.25, 0.3) is 0 Å². The number of ether oxygens (including phenoxy) is 1. The van der Waals surface area contributed by atoms with Crippen molar-refractivity contribution >= 4 is 12.0 Å². The molecule has 0 saturated carbocycles. The number of hydrogen-bond acceptors (Lipinski definition) is 4. The molecule has 0 N–H and O–H groups in total. The third kappa shape index (κ3) is 3.94. The highest BCUT2D eigenvalue weighted by Crippen LogP contribution is 2.41. The molecule has 0 radical (unpaired) electrons. The van der Waals surface area contributed by atoms with Crippen LogP contribution in [0.25, 0.3) is 0 Å². The lowest BCUT2D eigenvalue weighted by atomic mass is 9.78. The summed E-state index contributed by atoms with van der Waals surface area (Å²) in [5.41, 5.74) is 0.122. The summed E-state index contributed by atoms with van der Waals surface area (Å²) < 4.78 is 5.49. The predicted molar refractivity (Wildman–Crippen MR) is 93.7 cm³/mol. The van der Waals surface area contributed by atoms with Crippen molar-refractivity contribution in [1.29, 1.82) is 0 Å². The van der Waals surface area contributed by atoms with Crippen molar-refractivity contribution in [3.63, 3.8) is 0 Å². The molecule has 6 nitrogen and oxygen atoms in total. The van der Waals surface area contributed by atoms with Crippen LogP contribution in [-0.2, 0) is 16.1 Å². The Labute approximate surface area is 149 Å². The third-order valence-corrected chi connectivity index (χ3v) is 4.95. The fourth-order valence-corrected chi connectivity index (χ4v) is 3.75. The minimum Gasteiger partial charge on any atom is -0.444 e. The van der Waals surface area contributed by atoms with E-state index in [2.05, 4.69) is 4.98 Å². The minimum atomic E-state index is -0.519. The van der Waals surface area contributed by atoms with Crippen LogP contribution in [0.1, 0.15) is 45.6 Å². The van der Waals surface area contributed by atoms with Crippen molar-refractivity contribution in [3.05, 3.63) is 30.1 Å². The first-order chi connectivity index (χ1) is 11.8. The molecule has 1 spiro atoms. The van der Waals surface area contributed by atoms with Crippen LogP contribution in [0.5, 0.6) is 0 Å². The lowest BCUT2D eigenvalue weighted by molar-refractivity contribution is -0.139. The van der Waals surface area contributed by atoms with Gasteiger partial charge >= 0.3 is 6.09 Å². The summed E-state index contributed by atoms with van der Waals surface area (Å²) in [5, 5.41) is 0. The van der Waals surface area contributed by atoms with E-state index in [9.17, 15) is 9.59 Å².